The number of halogens is 5. The van der Waals surface area contributed by atoms with Crippen molar-refractivity contribution in [3.63, 3.8) is 0 Å². The fourth-order valence-corrected chi connectivity index (χ4v) is 2.71. The van der Waals surface area contributed by atoms with E-state index in [4.69, 9.17) is 16.3 Å². The fraction of sp³-hybridized carbons (Fsp3) is 0.100. The molecular formula is C20H12ClF4NO3. The van der Waals surface area contributed by atoms with E-state index in [0.717, 1.165) is 30.3 Å². The maximum absolute atomic E-state index is 13.2. The van der Waals surface area contributed by atoms with Crippen molar-refractivity contribution in [1.82, 2.24) is 5.32 Å². The van der Waals surface area contributed by atoms with E-state index in [2.05, 4.69) is 5.32 Å². The molecule has 2 aromatic carbocycles. The highest BCUT2D eigenvalue weighted by Gasteiger charge is 2.32. The molecule has 0 aromatic heterocycles. The van der Waals surface area contributed by atoms with Crippen molar-refractivity contribution in [2.24, 2.45) is 0 Å². The summed E-state index contributed by atoms with van der Waals surface area (Å²) in [7, 11) is 0. The Kier molecular flexibility index (Phi) is 5.74. The molecule has 4 nitrogen and oxygen atoms in total. The molecule has 0 aliphatic heterocycles. The van der Waals surface area contributed by atoms with Gasteiger partial charge in [0.05, 0.1) is 16.1 Å². The minimum atomic E-state index is -4.68. The van der Waals surface area contributed by atoms with Crippen LogP contribution in [0.1, 0.15) is 22.3 Å². The van der Waals surface area contributed by atoms with Crippen LogP contribution >= 0.6 is 11.6 Å². The topological polar surface area (TPSA) is 55.4 Å². The van der Waals surface area contributed by atoms with Crippen LogP contribution in [0.15, 0.2) is 60.3 Å². The lowest BCUT2D eigenvalue weighted by atomic mass is 10.1. The monoisotopic (exact) mass is 425 g/mol. The molecule has 1 N–H and O–H groups in total. The van der Waals surface area contributed by atoms with Gasteiger partial charge in [-0.1, -0.05) is 17.7 Å². The van der Waals surface area contributed by atoms with E-state index in [0.29, 0.717) is 6.07 Å². The molecular weight excluding hydrogens is 414 g/mol. The molecule has 0 fully saturated rings. The first-order valence-corrected chi connectivity index (χ1v) is 8.58. The average Bonchev–Trinajstić information content (AvgIpc) is 2.63. The number of allylic oxidation sites excluding steroid dienone is 3. The van der Waals surface area contributed by atoms with Crippen LogP contribution in [0.25, 0.3) is 0 Å². The molecule has 9 heteroatoms. The van der Waals surface area contributed by atoms with Crippen molar-refractivity contribution in [2.75, 3.05) is 0 Å². The van der Waals surface area contributed by atoms with Gasteiger partial charge in [-0.15, -0.1) is 0 Å². The van der Waals surface area contributed by atoms with Crippen molar-refractivity contribution in [3.05, 3.63) is 82.3 Å². The van der Waals surface area contributed by atoms with Crippen LogP contribution in [-0.2, 0) is 11.0 Å². The summed E-state index contributed by atoms with van der Waals surface area (Å²) in [5.74, 6) is -2.25. The SMILES string of the molecule is O=C1C=C(NC(=O)c2ccc(C(F)(F)F)cc2Oc2ccc(F)cc2Cl)C=CC1. The van der Waals surface area contributed by atoms with Crippen molar-refractivity contribution >= 4 is 23.3 Å². The van der Waals surface area contributed by atoms with Gasteiger partial charge in [0.15, 0.2) is 5.78 Å². The highest BCUT2D eigenvalue weighted by Crippen LogP contribution is 2.37. The van der Waals surface area contributed by atoms with Gasteiger partial charge in [-0.3, -0.25) is 9.59 Å². The number of ether oxygens (including phenoxy) is 1. The van der Waals surface area contributed by atoms with Crippen molar-refractivity contribution < 1.29 is 31.9 Å². The molecule has 0 saturated heterocycles. The standard InChI is InChI=1S/C20H12ClF4NO3/c21-16-9-12(22)5-7-17(16)29-18-8-11(20(23,24)25)4-6-15(18)19(28)26-13-2-1-3-14(27)10-13/h1-2,4-10H,3H2,(H,26,28). The third-order valence-corrected chi connectivity index (χ3v) is 4.15. The first kappa shape index (κ1) is 20.6. The van der Waals surface area contributed by atoms with Crippen LogP contribution in [0.4, 0.5) is 17.6 Å². The van der Waals surface area contributed by atoms with Gasteiger partial charge >= 0.3 is 6.18 Å². The number of carbonyl (C=O) groups excluding carboxylic acids is 2. The second kappa shape index (κ2) is 8.08. The first-order valence-electron chi connectivity index (χ1n) is 8.20. The molecule has 0 spiro atoms. The molecule has 0 unspecified atom stereocenters. The first-order chi connectivity index (χ1) is 13.6. The van der Waals surface area contributed by atoms with Gasteiger partial charge in [-0.2, -0.15) is 13.2 Å². The molecule has 3 rings (SSSR count). The number of rotatable bonds is 4. The van der Waals surface area contributed by atoms with E-state index < -0.39 is 29.2 Å². The zero-order chi connectivity index (χ0) is 21.2. The van der Waals surface area contributed by atoms with Crippen LogP contribution in [0.3, 0.4) is 0 Å². The van der Waals surface area contributed by atoms with E-state index in [1.54, 1.807) is 6.08 Å². The number of ketones is 1. The molecule has 0 heterocycles. The quantitative estimate of drug-likeness (QED) is 0.664. The molecule has 0 radical (unpaired) electrons. The fourth-order valence-electron chi connectivity index (χ4n) is 2.51. The number of hydrogen-bond acceptors (Lipinski definition) is 3. The van der Waals surface area contributed by atoms with E-state index >= 15 is 0 Å². The van der Waals surface area contributed by atoms with Gasteiger partial charge < -0.3 is 10.1 Å². The van der Waals surface area contributed by atoms with Gasteiger partial charge in [-0.05, 0) is 42.5 Å². The second-order valence-corrected chi connectivity index (χ2v) is 6.42. The summed E-state index contributed by atoms with van der Waals surface area (Å²) in [4.78, 5) is 24.0. The van der Waals surface area contributed by atoms with Crippen LogP contribution < -0.4 is 10.1 Å². The van der Waals surface area contributed by atoms with E-state index in [1.807, 2.05) is 0 Å². The molecule has 0 saturated carbocycles. The largest absolute Gasteiger partial charge is 0.455 e. The highest BCUT2D eigenvalue weighted by atomic mass is 35.5. The molecule has 150 valence electrons. The summed E-state index contributed by atoms with van der Waals surface area (Å²) < 4.78 is 57.9. The Balaban J connectivity index is 1.98. The van der Waals surface area contributed by atoms with Crippen LogP contribution in [-0.4, -0.2) is 11.7 Å². The Morgan fingerprint density at radius 1 is 1.10 bits per heavy atom. The van der Waals surface area contributed by atoms with Crippen molar-refractivity contribution in [3.8, 4) is 11.5 Å². The van der Waals surface area contributed by atoms with E-state index in [1.165, 1.54) is 12.2 Å². The molecule has 2 aromatic rings. The lowest BCUT2D eigenvalue weighted by molar-refractivity contribution is -0.137. The Morgan fingerprint density at radius 2 is 1.86 bits per heavy atom. The predicted octanol–water partition coefficient (Wildman–Crippen LogP) is 5.43. The number of hydrogen-bond donors (Lipinski definition) is 1. The highest BCUT2D eigenvalue weighted by molar-refractivity contribution is 6.32. The zero-order valence-electron chi connectivity index (χ0n) is 14.5. The third-order valence-electron chi connectivity index (χ3n) is 3.86. The number of amides is 1. The Labute approximate surface area is 167 Å². The van der Waals surface area contributed by atoms with Crippen molar-refractivity contribution in [2.45, 2.75) is 12.6 Å². The summed E-state index contributed by atoms with van der Waals surface area (Å²) in [5.41, 5.74) is -1.09. The van der Waals surface area contributed by atoms with Crippen LogP contribution in [0.5, 0.6) is 11.5 Å². The zero-order valence-corrected chi connectivity index (χ0v) is 15.3. The summed E-state index contributed by atoms with van der Waals surface area (Å²) in [6, 6.07) is 5.38. The number of nitrogens with one attached hydrogen (secondary N) is 1. The molecule has 1 aliphatic rings. The molecule has 29 heavy (non-hydrogen) atoms. The normalized spacial score (nSPS) is 13.8. The summed E-state index contributed by atoms with van der Waals surface area (Å²) >= 11 is 5.87. The maximum atomic E-state index is 13.2. The van der Waals surface area contributed by atoms with Gasteiger partial charge in [0, 0.05) is 18.2 Å². The predicted molar refractivity (Wildman–Crippen MR) is 97.2 cm³/mol. The maximum Gasteiger partial charge on any atom is 0.416 e. The van der Waals surface area contributed by atoms with Gasteiger partial charge in [0.1, 0.15) is 17.3 Å². The van der Waals surface area contributed by atoms with Gasteiger partial charge in [0.2, 0.25) is 0 Å². The van der Waals surface area contributed by atoms with Gasteiger partial charge in [0.25, 0.3) is 5.91 Å². The van der Waals surface area contributed by atoms with Crippen LogP contribution in [0, 0.1) is 5.82 Å². The third kappa shape index (κ3) is 5.03. The van der Waals surface area contributed by atoms with Crippen molar-refractivity contribution in [1.29, 1.82) is 0 Å². The Hall–Kier alpha value is -3.13. The minimum absolute atomic E-state index is 0.131. The average molecular weight is 426 g/mol. The lowest BCUT2D eigenvalue weighted by Gasteiger charge is -2.16. The molecule has 1 aliphatic carbocycles. The number of carbonyl (C=O) groups is 2. The van der Waals surface area contributed by atoms with E-state index in [9.17, 15) is 27.2 Å². The van der Waals surface area contributed by atoms with E-state index in [-0.39, 0.29) is 34.2 Å². The summed E-state index contributed by atoms with van der Waals surface area (Å²) in [6.07, 6.45) is -0.238. The Morgan fingerprint density at radius 3 is 2.52 bits per heavy atom. The lowest BCUT2D eigenvalue weighted by Crippen LogP contribution is -2.24. The molecule has 0 bridgehead atoms. The summed E-state index contributed by atoms with van der Waals surface area (Å²) in [5, 5.41) is 2.25. The number of alkyl halides is 3. The Bertz CT molecular complexity index is 1040. The number of benzene rings is 2. The van der Waals surface area contributed by atoms with Crippen LogP contribution in [0.2, 0.25) is 5.02 Å². The smallest absolute Gasteiger partial charge is 0.416 e. The molecule has 1 amide bonds. The molecule has 0 atom stereocenters. The second-order valence-electron chi connectivity index (χ2n) is 6.01. The van der Waals surface area contributed by atoms with Gasteiger partial charge in [-0.25, -0.2) is 4.39 Å². The minimum Gasteiger partial charge on any atom is -0.455 e. The summed E-state index contributed by atoms with van der Waals surface area (Å²) in [6.45, 7) is 0.